The largest absolute Gasteiger partial charge is 0.409 e. The molecule has 0 spiro atoms. The maximum absolute atomic E-state index is 8.72. The summed E-state index contributed by atoms with van der Waals surface area (Å²) in [6.45, 7) is 9.03. The first-order valence-electron chi connectivity index (χ1n) is 7.20. The Balaban J connectivity index is 2.17. The third kappa shape index (κ3) is 5.37. The molecule has 4 N–H and O–H groups in total. The van der Waals surface area contributed by atoms with E-state index in [9.17, 15) is 0 Å². The Bertz CT molecular complexity index is 297. The molecule has 112 valence electrons. The highest BCUT2D eigenvalue weighted by Crippen LogP contribution is 2.24. The summed E-state index contributed by atoms with van der Waals surface area (Å²) in [7, 11) is 0. The molecule has 0 aromatic rings. The maximum Gasteiger partial charge on any atom is 0.144 e. The van der Waals surface area contributed by atoms with Crippen molar-refractivity contribution in [1.82, 2.24) is 5.32 Å². The third-order valence-electron chi connectivity index (χ3n) is 4.18. The van der Waals surface area contributed by atoms with E-state index < -0.39 is 0 Å². The number of hydrogen-bond donors (Lipinski definition) is 3. The van der Waals surface area contributed by atoms with Crippen LogP contribution in [0.25, 0.3) is 0 Å². The molecule has 1 fully saturated rings. The highest BCUT2D eigenvalue weighted by Gasteiger charge is 2.26. The monoisotopic (exact) mass is 271 g/mol. The van der Waals surface area contributed by atoms with Crippen molar-refractivity contribution in [3.8, 4) is 0 Å². The topological polar surface area (TPSA) is 79.9 Å². The zero-order chi connectivity index (χ0) is 14.4. The smallest absolute Gasteiger partial charge is 0.144 e. The summed E-state index contributed by atoms with van der Waals surface area (Å²) in [5.41, 5.74) is 5.68. The van der Waals surface area contributed by atoms with E-state index >= 15 is 0 Å². The molecule has 5 heteroatoms. The van der Waals surface area contributed by atoms with E-state index in [4.69, 9.17) is 15.7 Å². The number of nitrogens with two attached hydrogens (primary N) is 1. The van der Waals surface area contributed by atoms with Crippen molar-refractivity contribution in [2.75, 3.05) is 19.8 Å². The number of unbranched alkanes of at least 4 members (excludes halogenated alkanes) is 1. The number of ether oxygens (including phenoxy) is 1. The van der Waals surface area contributed by atoms with Gasteiger partial charge in [-0.15, -0.1) is 0 Å². The van der Waals surface area contributed by atoms with Gasteiger partial charge in [-0.3, -0.25) is 0 Å². The van der Waals surface area contributed by atoms with Crippen LogP contribution in [0.2, 0.25) is 0 Å². The van der Waals surface area contributed by atoms with Crippen LogP contribution in [-0.2, 0) is 4.74 Å². The first-order valence-corrected chi connectivity index (χ1v) is 7.20. The van der Waals surface area contributed by atoms with Gasteiger partial charge in [0, 0.05) is 24.2 Å². The molecule has 1 saturated heterocycles. The van der Waals surface area contributed by atoms with E-state index in [-0.39, 0.29) is 11.0 Å². The van der Waals surface area contributed by atoms with E-state index in [1.165, 1.54) is 0 Å². The van der Waals surface area contributed by atoms with E-state index in [2.05, 4.69) is 17.4 Å². The van der Waals surface area contributed by atoms with Crippen LogP contribution in [0.1, 0.15) is 52.9 Å². The summed E-state index contributed by atoms with van der Waals surface area (Å²) in [5.74, 6) is 0.317. The lowest BCUT2D eigenvalue weighted by atomic mass is 9.86. The lowest BCUT2D eigenvalue weighted by Crippen LogP contribution is -2.47. The Morgan fingerprint density at radius 3 is 2.58 bits per heavy atom. The quantitative estimate of drug-likeness (QED) is 0.218. The van der Waals surface area contributed by atoms with Gasteiger partial charge in [0.1, 0.15) is 5.84 Å². The molecule has 0 bridgehead atoms. The molecule has 1 heterocycles. The van der Waals surface area contributed by atoms with Crippen molar-refractivity contribution < 1.29 is 9.94 Å². The Hall–Kier alpha value is -0.810. The lowest BCUT2D eigenvalue weighted by molar-refractivity contribution is 0.0452. The second-order valence-corrected chi connectivity index (χ2v) is 6.43. The molecule has 0 saturated carbocycles. The first kappa shape index (κ1) is 16.2. The molecule has 1 aliphatic rings. The molecular weight excluding hydrogens is 242 g/mol. The fourth-order valence-corrected chi connectivity index (χ4v) is 2.34. The summed E-state index contributed by atoms with van der Waals surface area (Å²) in [4.78, 5) is 0. The Kier molecular flexibility index (Phi) is 6.07. The minimum absolute atomic E-state index is 0.225. The van der Waals surface area contributed by atoms with Crippen molar-refractivity contribution in [1.29, 1.82) is 0 Å². The van der Waals surface area contributed by atoms with Crippen molar-refractivity contribution in [2.45, 2.75) is 58.4 Å². The molecule has 0 radical (unpaired) electrons. The van der Waals surface area contributed by atoms with Crippen molar-refractivity contribution >= 4 is 5.84 Å². The van der Waals surface area contributed by atoms with Crippen molar-refractivity contribution in [3.63, 3.8) is 0 Å². The van der Waals surface area contributed by atoms with Gasteiger partial charge in [-0.05, 0) is 39.2 Å². The Labute approximate surface area is 116 Å². The summed E-state index contributed by atoms with van der Waals surface area (Å²) in [5, 5.41) is 15.5. The second kappa shape index (κ2) is 7.10. The Morgan fingerprint density at radius 2 is 2.00 bits per heavy atom. The normalized spacial score (nSPS) is 20.5. The fourth-order valence-electron chi connectivity index (χ4n) is 2.34. The number of rotatable bonds is 7. The molecule has 1 aliphatic heterocycles. The van der Waals surface area contributed by atoms with Crippen molar-refractivity contribution in [2.24, 2.45) is 16.3 Å². The molecule has 19 heavy (non-hydrogen) atoms. The standard InChI is InChI=1S/C14H29N3O2/c1-13(2,12(15)17-18)6-4-5-9-16-14(3)7-10-19-11-8-14/h16,18H,4-11H2,1-3H3,(H2,15,17). The van der Waals surface area contributed by atoms with E-state index in [1.54, 1.807) is 0 Å². The number of nitrogens with one attached hydrogen (secondary N) is 1. The highest BCUT2D eigenvalue weighted by molar-refractivity contribution is 5.85. The van der Waals surface area contributed by atoms with E-state index in [0.29, 0.717) is 5.84 Å². The van der Waals surface area contributed by atoms with Gasteiger partial charge in [0.05, 0.1) is 0 Å². The van der Waals surface area contributed by atoms with Crippen LogP contribution in [0, 0.1) is 5.41 Å². The van der Waals surface area contributed by atoms with Gasteiger partial charge in [-0.25, -0.2) is 0 Å². The fraction of sp³-hybridized carbons (Fsp3) is 0.929. The molecule has 0 atom stereocenters. The number of hydrogen-bond acceptors (Lipinski definition) is 4. The van der Waals surface area contributed by atoms with Crippen LogP contribution >= 0.6 is 0 Å². The molecule has 0 aromatic carbocycles. The minimum atomic E-state index is -0.225. The molecule has 5 nitrogen and oxygen atoms in total. The molecule has 0 aromatic heterocycles. The van der Waals surface area contributed by atoms with Crippen LogP contribution in [0.4, 0.5) is 0 Å². The maximum atomic E-state index is 8.72. The molecular formula is C14H29N3O2. The highest BCUT2D eigenvalue weighted by atomic mass is 16.5. The number of nitrogens with zero attached hydrogens (tertiary/aromatic N) is 1. The lowest BCUT2D eigenvalue weighted by Gasteiger charge is -2.34. The van der Waals surface area contributed by atoms with Crippen LogP contribution in [0.5, 0.6) is 0 Å². The first-order chi connectivity index (χ1) is 8.90. The SMILES string of the molecule is CC1(NCCCCC(C)(C)C(N)=NO)CCOCC1. The van der Waals surface area contributed by atoms with Gasteiger partial charge >= 0.3 is 0 Å². The summed E-state index contributed by atoms with van der Waals surface area (Å²) >= 11 is 0. The molecule has 0 unspecified atom stereocenters. The summed E-state index contributed by atoms with van der Waals surface area (Å²) in [6.07, 6.45) is 5.29. The van der Waals surface area contributed by atoms with Gasteiger partial charge in [-0.1, -0.05) is 25.4 Å². The van der Waals surface area contributed by atoms with E-state index in [1.807, 2.05) is 13.8 Å². The number of amidine groups is 1. The Morgan fingerprint density at radius 1 is 1.37 bits per heavy atom. The summed E-state index contributed by atoms with van der Waals surface area (Å²) < 4.78 is 5.39. The van der Waals surface area contributed by atoms with Crippen molar-refractivity contribution in [3.05, 3.63) is 0 Å². The van der Waals surface area contributed by atoms with Gasteiger partial charge in [0.25, 0.3) is 0 Å². The average molecular weight is 271 g/mol. The summed E-state index contributed by atoms with van der Waals surface area (Å²) in [6, 6.07) is 0. The molecule has 0 amide bonds. The molecule has 0 aliphatic carbocycles. The second-order valence-electron chi connectivity index (χ2n) is 6.43. The van der Waals surface area contributed by atoms with Crippen LogP contribution in [0.3, 0.4) is 0 Å². The van der Waals surface area contributed by atoms with Crippen LogP contribution in [0.15, 0.2) is 5.16 Å². The average Bonchev–Trinajstić information content (AvgIpc) is 2.38. The van der Waals surface area contributed by atoms with Crippen LogP contribution < -0.4 is 11.1 Å². The van der Waals surface area contributed by atoms with Crippen LogP contribution in [-0.4, -0.2) is 36.3 Å². The van der Waals surface area contributed by atoms with Gasteiger partial charge in [0.2, 0.25) is 0 Å². The van der Waals surface area contributed by atoms with Gasteiger partial charge in [-0.2, -0.15) is 0 Å². The molecule has 1 rings (SSSR count). The van der Waals surface area contributed by atoms with Gasteiger partial charge in [0.15, 0.2) is 0 Å². The predicted octanol–water partition coefficient (Wildman–Crippen LogP) is 2.09. The zero-order valence-electron chi connectivity index (χ0n) is 12.5. The predicted molar refractivity (Wildman–Crippen MR) is 77.5 cm³/mol. The van der Waals surface area contributed by atoms with Gasteiger partial charge < -0.3 is 21.0 Å². The third-order valence-corrected chi connectivity index (χ3v) is 4.18. The number of oxime groups is 1. The van der Waals surface area contributed by atoms with E-state index in [0.717, 1.165) is 51.9 Å². The zero-order valence-corrected chi connectivity index (χ0v) is 12.5. The minimum Gasteiger partial charge on any atom is -0.409 e.